The minimum atomic E-state index is -0.711. The molecule has 4 nitrogen and oxygen atoms in total. The zero-order valence-electron chi connectivity index (χ0n) is 14.8. The quantitative estimate of drug-likeness (QED) is 0.463. The van der Waals surface area contributed by atoms with E-state index in [0.717, 1.165) is 38.5 Å². The summed E-state index contributed by atoms with van der Waals surface area (Å²) in [5.74, 6) is -1.42. The second-order valence-corrected chi connectivity index (χ2v) is 8.03. The third-order valence-electron chi connectivity index (χ3n) is 4.49. The number of unbranched alkanes of at least 4 members (excludes halogenated alkanes) is 3. The number of hydrogen-bond donors (Lipinski definition) is 2. The Hall–Kier alpha value is -1.06. The van der Waals surface area contributed by atoms with Crippen molar-refractivity contribution in [3.63, 3.8) is 0 Å². The first-order chi connectivity index (χ1) is 10.0. The van der Waals surface area contributed by atoms with E-state index in [1.54, 1.807) is 0 Å². The highest BCUT2D eigenvalue weighted by Crippen LogP contribution is 2.31. The van der Waals surface area contributed by atoms with Crippen molar-refractivity contribution in [1.29, 1.82) is 0 Å². The first-order valence-electron chi connectivity index (χ1n) is 8.48. The lowest BCUT2D eigenvalue weighted by molar-refractivity contribution is -0.138. The van der Waals surface area contributed by atoms with Gasteiger partial charge < -0.3 is 10.2 Å². The fraction of sp³-hybridized carbons (Fsp3) is 0.889. The predicted molar refractivity (Wildman–Crippen MR) is 89.0 cm³/mol. The molecule has 0 aromatic carbocycles. The minimum Gasteiger partial charge on any atom is -0.481 e. The molecule has 0 fully saturated rings. The van der Waals surface area contributed by atoms with Gasteiger partial charge in [-0.25, -0.2) is 0 Å². The van der Waals surface area contributed by atoms with Crippen LogP contribution in [0.15, 0.2) is 0 Å². The second kappa shape index (κ2) is 9.86. The largest absolute Gasteiger partial charge is 0.481 e. The maximum Gasteiger partial charge on any atom is 0.303 e. The molecule has 0 atom stereocenters. The van der Waals surface area contributed by atoms with Crippen molar-refractivity contribution < 1.29 is 19.8 Å². The molecule has 0 aliphatic rings. The molecule has 0 amide bonds. The van der Waals surface area contributed by atoms with Gasteiger partial charge in [0.05, 0.1) is 0 Å². The van der Waals surface area contributed by atoms with Crippen molar-refractivity contribution in [1.82, 2.24) is 0 Å². The van der Waals surface area contributed by atoms with E-state index in [9.17, 15) is 9.59 Å². The van der Waals surface area contributed by atoms with Gasteiger partial charge in [0.25, 0.3) is 0 Å². The first kappa shape index (κ1) is 20.9. The molecule has 0 saturated heterocycles. The first-order valence-corrected chi connectivity index (χ1v) is 8.48. The minimum absolute atomic E-state index is 0.110. The smallest absolute Gasteiger partial charge is 0.303 e. The van der Waals surface area contributed by atoms with Crippen LogP contribution in [0, 0.1) is 10.8 Å². The van der Waals surface area contributed by atoms with E-state index in [1.165, 1.54) is 12.8 Å². The SMILES string of the molecule is CC(C)(CCCCCCC(C)(C)CCC(=O)O)CCC(=O)O. The molecule has 0 aliphatic carbocycles. The summed E-state index contributed by atoms with van der Waals surface area (Å²) < 4.78 is 0. The molecular weight excluding hydrogens is 280 g/mol. The summed E-state index contributed by atoms with van der Waals surface area (Å²) in [5, 5.41) is 17.5. The fourth-order valence-electron chi connectivity index (χ4n) is 2.70. The summed E-state index contributed by atoms with van der Waals surface area (Å²) in [4.78, 5) is 21.2. The highest BCUT2D eigenvalue weighted by molar-refractivity contribution is 5.66. The van der Waals surface area contributed by atoms with Crippen molar-refractivity contribution >= 4 is 11.9 Å². The van der Waals surface area contributed by atoms with Gasteiger partial charge in [-0.3, -0.25) is 9.59 Å². The normalized spacial score (nSPS) is 12.4. The molecule has 0 radical (unpaired) electrons. The van der Waals surface area contributed by atoms with Crippen molar-refractivity contribution in [2.75, 3.05) is 0 Å². The molecule has 0 aromatic rings. The Morgan fingerprint density at radius 1 is 0.636 bits per heavy atom. The summed E-state index contributed by atoms with van der Waals surface area (Å²) in [6, 6.07) is 0. The molecule has 0 saturated carbocycles. The van der Waals surface area contributed by atoms with E-state index < -0.39 is 11.9 Å². The number of carboxylic acid groups (broad SMARTS) is 2. The van der Waals surface area contributed by atoms with Crippen LogP contribution in [-0.4, -0.2) is 22.2 Å². The zero-order chi connectivity index (χ0) is 17.2. The molecule has 0 rings (SSSR count). The predicted octanol–water partition coefficient (Wildman–Crippen LogP) is 5.11. The third-order valence-corrected chi connectivity index (χ3v) is 4.49. The van der Waals surface area contributed by atoms with Gasteiger partial charge in [-0.05, 0) is 36.5 Å². The van der Waals surface area contributed by atoms with Gasteiger partial charge >= 0.3 is 11.9 Å². The van der Waals surface area contributed by atoms with Crippen LogP contribution in [0.2, 0.25) is 0 Å². The molecule has 130 valence electrons. The number of aliphatic carboxylic acids is 2. The molecule has 0 unspecified atom stereocenters. The Balaban J connectivity index is 3.72. The van der Waals surface area contributed by atoms with Crippen LogP contribution >= 0.6 is 0 Å². The number of hydrogen-bond acceptors (Lipinski definition) is 2. The lowest BCUT2D eigenvalue weighted by Gasteiger charge is -2.25. The van der Waals surface area contributed by atoms with Crippen LogP contribution in [0.25, 0.3) is 0 Å². The molecule has 0 spiro atoms. The summed E-state index contributed by atoms with van der Waals surface area (Å²) in [6.07, 6.45) is 8.76. The van der Waals surface area contributed by atoms with E-state index in [4.69, 9.17) is 10.2 Å². The zero-order valence-corrected chi connectivity index (χ0v) is 14.8. The molecule has 0 aliphatic heterocycles. The highest BCUT2D eigenvalue weighted by Gasteiger charge is 2.20. The van der Waals surface area contributed by atoms with E-state index in [-0.39, 0.29) is 23.7 Å². The highest BCUT2D eigenvalue weighted by atomic mass is 16.4. The Morgan fingerprint density at radius 3 is 1.23 bits per heavy atom. The topological polar surface area (TPSA) is 74.6 Å². The van der Waals surface area contributed by atoms with Crippen LogP contribution in [0.4, 0.5) is 0 Å². The van der Waals surface area contributed by atoms with Gasteiger partial charge in [0.15, 0.2) is 0 Å². The summed E-state index contributed by atoms with van der Waals surface area (Å²) in [7, 11) is 0. The summed E-state index contributed by atoms with van der Waals surface area (Å²) in [5.41, 5.74) is 0.221. The third kappa shape index (κ3) is 12.7. The lowest BCUT2D eigenvalue weighted by Crippen LogP contribution is -2.14. The maximum absolute atomic E-state index is 10.6. The summed E-state index contributed by atoms with van der Waals surface area (Å²) >= 11 is 0. The van der Waals surface area contributed by atoms with Gasteiger partial charge in [0.1, 0.15) is 0 Å². The van der Waals surface area contributed by atoms with Gasteiger partial charge in [-0.15, -0.1) is 0 Å². The Morgan fingerprint density at radius 2 is 0.955 bits per heavy atom. The van der Waals surface area contributed by atoms with Crippen LogP contribution in [0.5, 0.6) is 0 Å². The molecule has 4 heteroatoms. The van der Waals surface area contributed by atoms with Crippen molar-refractivity contribution in [2.24, 2.45) is 10.8 Å². The van der Waals surface area contributed by atoms with Gasteiger partial charge in [0.2, 0.25) is 0 Å². The number of rotatable bonds is 13. The number of carboxylic acids is 2. The Bertz CT molecular complexity index is 311. The van der Waals surface area contributed by atoms with E-state index in [2.05, 4.69) is 27.7 Å². The van der Waals surface area contributed by atoms with Crippen molar-refractivity contribution in [3.05, 3.63) is 0 Å². The molecular formula is C18H34O4. The molecule has 0 aromatic heterocycles. The monoisotopic (exact) mass is 314 g/mol. The van der Waals surface area contributed by atoms with E-state index >= 15 is 0 Å². The van der Waals surface area contributed by atoms with Gasteiger partial charge in [-0.2, -0.15) is 0 Å². The average molecular weight is 314 g/mol. The van der Waals surface area contributed by atoms with Crippen LogP contribution in [0.1, 0.15) is 91.9 Å². The van der Waals surface area contributed by atoms with Gasteiger partial charge in [-0.1, -0.05) is 53.4 Å². The fourth-order valence-corrected chi connectivity index (χ4v) is 2.70. The van der Waals surface area contributed by atoms with E-state index in [1.807, 2.05) is 0 Å². The van der Waals surface area contributed by atoms with E-state index in [0.29, 0.717) is 0 Å². The van der Waals surface area contributed by atoms with Crippen LogP contribution < -0.4 is 0 Å². The van der Waals surface area contributed by atoms with Crippen LogP contribution in [-0.2, 0) is 9.59 Å². The molecule has 0 heterocycles. The second-order valence-electron chi connectivity index (χ2n) is 8.03. The van der Waals surface area contributed by atoms with Gasteiger partial charge in [0, 0.05) is 12.8 Å². The van der Waals surface area contributed by atoms with Crippen LogP contribution in [0.3, 0.4) is 0 Å². The van der Waals surface area contributed by atoms with Crippen molar-refractivity contribution in [3.8, 4) is 0 Å². The maximum atomic E-state index is 10.6. The van der Waals surface area contributed by atoms with Crippen molar-refractivity contribution in [2.45, 2.75) is 91.9 Å². The Labute approximate surface area is 135 Å². The Kier molecular flexibility index (Phi) is 9.38. The average Bonchev–Trinajstić information content (AvgIpc) is 2.38. The standard InChI is InChI=1S/C18H34O4/c1-17(2,13-9-15(19)20)11-7-5-6-8-12-18(3,4)14-10-16(21)22/h5-14H2,1-4H3,(H,19,20)(H,21,22). The molecule has 2 N–H and O–H groups in total. The lowest BCUT2D eigenvalue weighted by atomic mass is 9.81. The summed E-state index contributed by atoms with van der Waals surface area (Å²) in [6.45, 7) is 8.58. The number of carbonyl (C=O) groups is 2. The molecule has 0 bridgehead atoms. The molecule has 22 heavy (non-hydrogen) atoms.